The zero-order valence-corrected chi connectivity index (χ0v) is 10.9. The van der Waals surface area contributed by atoms with Gasteiger partial charge >= 0.3 is 0 Å². The van der Waals surface area contributed by atoms with Crippen molar-refractivity contribution in [3.05, 3.63) is 34.4 Å². The van der Waals surface area contributed by atoms with Gasteiger partial charge in [0, 0.05) is 17.8 Å². The SMILES string of the molecule is O=[N+]([O-])c1cccc(N[C@@H]2OC(CO)[C@@H](O)[C@H](O)C2O)c1. The Kier molecular flexibility index (Phi) is 4.70. The lowest BCUT2D eigenvalue weighted by molar-refractivity contribution is -0.384. The number of benzene rings is 1. The number of aliphatic hydroxyl groups excluding tert-OH is 4. The van der Waals surface area contributed by atoms with Crippen LogP contribution in [0.4, 0.5) is 11.4 Å². The number of nitro benzene ring substituents is 1. The molecule has 0 aliphatic carbocycles. The van der Waals surface area contributed by atoms with E-state index >= 15 is 0 Å². The molecule has 21 heavy (non-hydrogen) atoms. The molecular formula is C12H16N2O7. The zero-order valence-electron chi connectivity index (χ0n) is 10.9. The fraction of sp³-hybridized carbons (Fsp3) is 0.500. The van der Waals surface area contributed by atoms with Crippen LogP contribution in [0.25, 0.3) is 0 Å². The minimum absolute atomic E-state index is 0.149. The summed E-state index contributed by atoms with van der Waals surface area (Å²) in [7, 11) is 0. The summed E-state index contributed by atoms with van der Waals surface area (Å²) in [6.45, 7) is -0.544. The van der Waals surface area contributed by atoms with E-state index in [1.54, 1.807) is 0 Å². The summed E-state index contributed by atoms with van der Waals surface area (Å²) < 4.78 is 5.24. The van der Waals surface area contributed by atoms with Crippen molar-refractivity contribution < 1.29 is 30.1 Å². The molecule has 116 valence electrons. The summed E-state index contributed by atoms with van der Waals surface area (Å²) in [5.74, 6) is 0. The molecular weight excluding hydrogens is 284 g/mol. The number of nitrogens with one attached hydrogen (secondary N) is 1. The van der Waals surface area contributed by atoms with E-state index in [-0.39, 0.29) is 5.69 Å². The van der Waals surface area contributed by atoms with Crippen LogP contribution in [-0.2, 0) is 4.74 Å². The Bertz CT molecular complexity index is 510. The lowest BCUT2D eigenvalue weighted by atomic mass is 9.98. The molecule has 1 heterocycles. The third-order valence-corrected chi connectivity index (χ3v) is 3.26. The molecule has 1 aliphatic heterocycles. The summed E-state index contributed by atoms with van der Waals surface area (Å²) in [6.07, 6.45) is -6.58. The number of nitro groups is 1. The van der Waals surface area contributed by atoms with Crippen LogP contribution in [0, 0.1) is 10.1 Å². The smallest absolute Gasteiger partial charge is 0.271 e. The van der Waals surface area contributed by atoms with Crippen molar-refractivity contribution in [1.29, 1.82) is 0 Å². The van der Waals surface area contributed by atoms with E-state index in [9.17, 15) is 25.4 Å². The Morgan fingerprint density at radius 3 is 2.57 bits per heavy atom. The van der Waals surface area contributed by atoms with Gasteiger partial charge in [-0.3, -0.25) is 10.1 Å². The summed E-state index contributed by atoms with van der Waals surface area (Å²) in [5.41, 5.74) is 0.151. The Morgan fingerprint density at radius 1 is 1.24 bits per heavy atom. The van der Waals surface area contributed by atoms with Gasteiger partial charge in [0.2, 0.25) is 0 Å². The second kappa shape index (κ2) is 6.33. The van der Waals surface area contributed by atoms with Gasteiger partial charge in [-0.2, -0.15) is 0 Å². The molecule has 0 spiro atoms. The van der Waals surface area contributed by atoms with Crippen molar-refractivity contribution >= 4 is 11.4 Å². The molecule has 1 aliphatic rings. The lowest BCUT2D eigenvalue weighted by Gasteiger charge is -2.40. The molecule has 0 aromatic heterocycles. The van der Waals surface area contributed by atoms with Gasteiger partial charge < -0.3 is 30.5 Å². The maximum atomic E-state index is 10.7. The molecule has 1 aromatic carbocycles. The first-order valence-electron chi connectivity index (χ1n) is 6.25. The van der Waals surface area contributed by atoms with Gasteiger partial charge in [-0.05, 0) is 6.07 Å². The van der Waals surface area contributed by atoms with Gasteiger partial charge in [-0.1, -0.05) is 6.07 Å². The van der Waals surface area contributed by atoms with Crippen LogP contribution in [0.15, 0.2) is 24.3 Å². The Hall–Kier alpha value is -1.78. The fourth-order valence-electron chi connectivity index (χ4n) is 2.09. The largest absolute Gasteiger partial charge is 0.394 e. The molecule has 2 rings (SSSR count). The highest BCUT2D eigenvalue weighted by atomic mass is 16.6. The number of hydrogen-bond donors (Lipinski definition) is 5. The quantitative estimate of drug-likeness (QED) is 0.344. The maximum Gasteiger partial charge on any atom is 0.271 e. The number of hydrogen-bond acceptors (Lipinski definition) is 8. The van der Waals surface area contributed by atoms with Crippen molar-refractivity contribution in [2.45, 2.75) is 30.6 Å². The van der Waals surface area contributed by atoms with E-state index in [1.165, 1.54) is 24.3 Å². The number of nitrogens with zero attached hydrogens (tertiary/aromatic N) is 1. The number of aliphatic hydroxyl groups is 4. The second-order valence-electron chi connectivity index (χ2n) is 4.70. The molecule has 1 aromatic rings. The Balaban J connectivity index is 2.14. The van der Waals surface area contributed by atoms with E-state index in [2.05, 4.69) is 5.32 Å². The first kappa shape index (κ1) is 15.6. The van der Waals surface area contributed by atoms with Crippen LogP contribution >= 0.6 is 0 Å². The van der Waals surface area contributed by atoms with Gasteiger partial charge in [0.25, 0.3) is 5.69 Å². The van der Waals surface area contributed by atoms with Crippen LogP contribution in [0.5, 0.6) is 0 Å². The van der Waals surface area contributed by atoms with E-state index in [0.717, 1.165) is 0 Å². The zero-order chi connectivity index (χ0) is 15.6. The minimum atomic E-state index is -1.51. The number of ether oxygens (including phenoxy) is 1. The average Bonchev–Trinajstić information content (AvgIpc) is 2.48. The van der Waals surface area contributed by atoms with Crippen molar-refractivity contribution in [2.75, 3.05) is 11.9 Å². The van der Waals surface area contributed by atoms with Crippen LogP contribution in [-0.4, -0.2) is 62.6 Å². The summed E-state index contributed by atoms with van der Waals surface area (Å²) >= 11 is 0. The highest BCUT2D eigenvalue weighted by molar-refractivity contribution is 5.51. The minimum Gasteiger partial charge on any atom is -0.394 e. The molecule has 5 N–H and O–H groups in total. The highest BCUT2D eigenvalue weighted by Gasteiger charge is 2.43. The lowest BCUT2D eigenvalue weighted by Crippen LogP contribution is -2.60. The first-order valence-corrected chi connectivity index (χ1v) is 6.25. The van der Waals surface area contributed by atoms with Gasteiger partial charge in [0.15, 0.2) is 6.23 Å². The van der Waals surface area contributed by atoms with Gasteiger partial charge in [-0.15, -0.1) is 0 Å². The number of non-ortho nitro benzene ring substituents is 1. The predicted molar refractivity (Wildman–Crippen MR) is 70.5 cm³/mol. The average molecular weight is 300 g/mol. The van der Waals surface area contributed by atoms with Crippen molar-refractivity contribution in [3.63, 3.8) is 0 Å². The van der Waals surface area contributed by atoms with Crippen LogP contribution in [0.3, 0.4) is 0 Å². The third kappa shape index (κ3) is 3.28. The summed E-state index contributed by atoms with van der Waals surface area (Å²) in [4.78, 5) is 10.1. The molecule has 0 bridgehead atoms. The van der Waals surface area contributed by atoms with E-state index in [4.69, 9.17) is 9.84 Å². The fourth-order valence-corrected chi connectivity index (χ4v) is 2.09. The van der Waals surface area contributed by atoms with E-state index in [1.807, 2.05) is 0 Å². The van der Waals surface area contributed by atoms with Gasteiger partial charge in [-0.25, -0.2) is 0 Å². The topological polar surface area (TPSA) is 145 Å². The van der Waals surface area contributed by atoms with Crippen LogP contribution in [0.2, 0.25) is 0 Å². The predicted octanol–water partition coefficient (Wildman–Crippen LogP) is -1.19. The Labute approximate surface area is 119 Å². The van der Waals surface area contributed by atoms with Crippen molar-refractivity contribution in [2.24, 2.45) is 0 Å². The molecule has 2 unspecified atom stereocenters. The third-order valence-electron chi connectivity index (χ3n) is 3.26. The summed E-state index contributed by atoms with van der Waals surface area (Å²) in [6, 6.07) is 5.51. The van der Waals surface area contributed by atoms with Gasteiger partial charge in [0.05, 0.1) is 11.5 Å². The number of rotatable bonds is 4. The Morgan fingerprint density at radius 2 is 1.95 bits per heavy atom. The highest BCUT2D eigenvalue weighted by Crippen LogP contribution is 2.24. The molecule has 1 saturated heterocycles. The maximum absolute atomic E-state index is 10.7. The van der Waals surface area contributed by atoms with Crippen molar-refractivity contribution in [1.82, 2.24) is 0 Å². The normalized spacial score (nSPS) is 32.7. The molecule has 9 nitrogen and oxygen atoms in total. The molecule has 0 radical (unpaired) electrons. The molecule has 0 saturated carbocycles. The van der Waals surface area contributed by atoms with Crippen molar-refractivity contribution in [3.8, 4) is 0 Å². The second-order valence-corrected chi connectivity index (χ2v) is 4.70. The van der Waals surface area contributed by atoms with Crippen LogP contribution in [0.1, 0.15) is 0 Å². The number of anilines is 1. The molecule has 5 atom stereocenters. The standard InChI is InChI=1S/C12H16N2O7/c15-5-8-9(16)10(17)11(18)12(21-8)13-6-2-1-3-7(4-6)14(19)20/h1-4,8-13,15-18H,5H2/t8?,9-,10+,11?,12-/m1/s1. The molecule has 9 heteroatoms. The molecule has 1 fully saturated rings. The van der Waals surface area contributed by atoms with E-state index < -0.39 is 42.2 Å². The van der Waals surface area contributed by atoms with E-state index in [0.29, 0.717) is 5.69 Å². The monoisotopic (exact) mass is 300 g/mol. The summed E-state index contributed by atoms with van der Waals surface area (Å²) in [5, 5.41) is 51.6. The van der Waals surface area contributed by atoms with Gasteiger partial charge in [0.1, 0.15) is 24.4 Å². The first-order chi connectivity index (χ1) is 9.93. The van der Waals surface area contributed by atoms with Crippen LogP contribution < -0.4 is 5.32 Å². The molecule has 0 amide bonds.